The molecule has 4 heteroatoms. The van der Waals surface area contributed by atoms with Crippen LogP contribution in [0, 0.1) is 5.92 Å². The zero-order valence-corrected chi connectivity index (χ0v) is 12.9. The minimum absolute atomic E-state index is 0.428. The summed E-state index contributed by atoms with van der Waals surface area (Å²) in [5.41, 5.74) is 0. The maximum absolute atomic E-state index is 5.82. The number of piperidine rings is 1. The number of nitrogens with one attached hydrogen (secondary N) is 1. The summed E-state index contributed by atoms with van der Waals surface area (Å²) in [6, 6.07) is 4.55. The van der Waals surface area contributed by atoms with Crippen molar-refractivity contribution in [2.75, 3.05) is 26.7 Å². The molecule has 0 bridgehead atoms. The summed E-state index contributed by atoms with van der Waals surface area (Å²) in [6.45, 7) is 5.65. The van der Waals surface area contributed by atoms with E-state index in [4.69, 9.17) is 4.42 Å². The maximum Gasteiger partial charge on any atom is 0.169 e. The molecule has 18 heavy (non-hydrogen) atoms. The first-order valence-corrected chi connectivity index (χ1v) is 7.69. The van der Waals surface area contributed by atoms with Gasteiger partial charge in [-0.1, -0.05) is 6.92 Å². The molecule has 0 aliphatic carbocycles. The summed E-state index contributed by atoms with van der Waals surface area (Å²) in [7, 11) is 2.04. The van der Waals surface area contributed by atoms with Crippen LogP contribution in [0.25, 0.3) is 0 Å². The second-order valence-electron chi connectivity index (χ2n) is 5.08. The van der Waals surface area contributed by atoms with Crippen molar-refractivity contribution < 1.29 is 4.42 Å². The van der Waals surface area contributed by atoms with Crippen LogP contribution >= 0.6 is 15.9 Å². The third kappa shape index (κ3) is 3.16. The first kappa shape index (κ1) is 14.1. The Balaban J connectivity index is 2.20. The number of rotatable bonds is 5. The zero-order valence-electron chi connectivity index (χ0n) is 11.3. The lowest BCUT2D eigenvalue weighted by Crippen LogP contribution is -2.42. The second kappa shape index (κ2) is 6.73. The average Bonchev–Trinajstić information content (AvgIpc) is 2.77. The van der Waals surface area contributed by atoms with E-state index < -0.39 is 0 Å². The molecule has 2 rings (SSSR count). The van der Waals surface area contributed by atoms with Crippen molar-refractivity contribution >= 4 is 15.9 Å². The highest BCUT2D eigenvalue weighted by Crippen LogP contribution is 2.37. The standard InChI is InChI=1S/C14H23BrN2O/c1-3-8-17-9-4-5-11(10-16-2)14(17)12-6-7-13(15)18-12/h6-7,11,14,16H,3-5,8-10H2,1-2H3. The van der Waals surface area contributed by atoms with Gasteiger partial charge in [0.25, 0.3) is 0 Å². The molecule has 2 atom stereocenters. The number of halogens is 1. The van der Waals surface area contributed by atoms with Gasteiger partial charge in [-0.15, -0.1) is 0 Å². The van der Waals surface area contributed by atoms with E-state index in [9.17, 15) is 0 Å². The van der Waals surface area contributed by atoms with Crippen molar-refractivity contribution in [2.24, 2.45) is 5.92 Å². The Morgan fingerprint density at radius 3 is 2.94 bits per heavy atom. The molecule has 0 aromatic carbocycles. The molecule has 0 saturated carbocycles. The quantitative estimate of drug-likeness (QED) is 0.902. The predicted octanol–water partition coefficient (Wildman–Crippen LogP) is 3.42. The molecule has 0 spiro atoms. The van der Waals surface area contributed by atoms with Gasteiger partial charge in [-0.25, -0.2) is 0 Å². The molecule has 2 heterocycles. The van der Waals surface area contributed by atoms with Gasteiger partial charge in [0.1, 0.15) is 5.76 Å². The van der Waals surface area contributed by atoms with E-state index in [0.717, 1.165) is 23.5 Å². The van der Waals surface area contributed by atoms with Crippen LogP contribution in [0.3, 0.4) is 0 Å². The fourth-order valence-electron chi connectivity index (χ4n) is 3.07. The Morgan fingerprint density at radius 1 is 1.50 bits per heavy atom. The predicted molar refractivity (Wildman–Crippen MR) is 77.7 cm³/mol. The van der Waals surface area contributed by atoms with E-state index in [-0.39, 0.29) is 0 Å². The van der Waals surface area contributed by atoms with Crippen molar-refractivity contribution in [2.45, 2.75) is 32.2 Å². The molecule has 1 aromatic heterocycles. The Bertz CT molecular complexity index is 348. The molecule has 102 valence electrons. The van der Waals surface area contributed by atoms with Crippen LogP contribution in [0.1, 0.15) is 38.0 Å². The third-order valence-corrected chi connectivity index (χ3v) is 4.15. The highest BCUT2D eigenvalue weighted by atomic mass is 79.9. The third-order valence-electron chi connectivity index (χ3n) is 3.72. The molecule has 1 aromatic rings. The van der Waals surface area contributed by atoms with Crippen molar-refractivity contribution in [3.05, 3.63) is 22.6 Å². The van der Waals surface area contributed by atoms with Gasteiger partial charge in [0.2, 0.25) is 0 Å². The smallest absolute Gasteiger partial charge is 0.169 e. The summed E-state index contributed by atoms with van der Waals surface area (Å²) in [5.74, 6) is 1.75. The Kier molecular flexibility index (Phi) is 5.27. The van der Waals surface area contributed by atoms with Gasteiger partial charge in [0.15, 0.2) is 4.67 Å². The van der Waals surface area contributed by atoms with Crippen LogP contribution in [-0.4, -0.2) is 31.6 Å². The zero-order chi connectivity index (χ0) is 13.0. The summed E-state index contributed by atoms with van der Waals surface area (Å²) in [4.78, 5) is 2.58. The van der Waals surface area contributed by atoms with Crippen LogP contribution in [0.15, 0.2) is 21.2 Å². The van der Waals surface area contributed by atoms with Gasteiger partial charge in [-0.3, -0.25) is 4.90 Å². The summed E-state index contributed by atoms with van der Waals surface area (Å²) in [5, 5.41) is 3.33. The maximum atomic E-state index is 5.82. The van der Waals surface area contributed by atoms with E-state index in [2.05, 4.69) is 39.1 Å². The highest BCUT2D eigenvalue weighted by Gasteiger charge is 2.33. The molecule has 1 aliphatic rings. The summed E-state index contributed by atoms with van der Waals surface area (Å²) in [6.07, 6.45) is 3.78. The lowest BCUT2D eigenvalue weighted by Gasteiger charge is -2.40. The second-order valence-corrected chi connectivity index (χ2v) is 5.86. The van der Waals surface area contributed by atoms with Gasteiger partial charge in [0.05, 0.1) is 6.04 Å². The Morgan fingerprint density at radius 2 is 2.33 bits per heavy atom. The monoisotopic (exact) mass is 314 g/mol. The summed E-state index contributed by atoms with van der Waals surface area (Å²) < 4.78 is 6.66. The topological polar surface area (TPSA) is 28.4 Å². The molecule has 2 unspecified atom stereocenters. The first-order chi connectivity index (χ1) is 8.76. The Hall–Kier alpha value is -0.320. The van der Waals surface area contributed by atoms with Gasteiger partial charge >= 0.3 is 0 Å². The molecule has 1 N–H and O–H groups in total. The van der Waals surface area contributed by atoms with E-state index in [1.165, 1.54) is 25.8 Å². The fourth-order valence-corrected chi connectivity index (χ4v) is 3.38. The minimum atomic E-state index is 0.428. The SMILES string of the molecule is CCCN1CCCC(CNC)C1c1ccc(Br)o1. The summed E-state index contributed by atoms with van der Waals surface area (Å²) >= 11 is 3.42. The lowest BCUT2D eigenvalue weighted by atomic mass is 9.87. The van der Waals surface area contributed by atoms with Crippen molar-refractivity contribution in [1.82, 2.24) is 10.2 Å². The van der Waals surface area contributed by atoms with Crippen molar-refractivity contribution in [3.63, 3.8) is 0 Å². The van der Waals surface area contributed by atoms with Crippen LogP contribution < -0.4 is 5.32 Å². The van der Waals surface area contributed by atoms with Gasteiger partial charge in [-0.05, 0) is 79.9 Å². The number of nitrogens with zero attached hydrogens (tertiary/aromatic N) is 1. The van der Waals surface area contributed by atoms with E-state index >= 15 is 0 Å². The first-order valence-electron chi connectivity index (χ1n) is 6.90. The molecule has 1 saturated heterocycles. The molecular formula is C14H23BrN2O. The fraction of sp³-hybridized carbons (Fsp3) is 0.714. The minimum Gasteiger partial charge on any atom is -0.453 e. The molecule has 3 nitrogen and oxygen atoms in total. The number of hydrogen-bond donors (Lipinski definition) is 1. The molecular weight excluding hydrogens is 292 g/mol. The largest absolute Gasteiger partial charge is 0.453 e. The van der Waals surface area contributed by atoms with E-state index in [1.54, 1.807) is 0 Å². The van der Waals surface area contributed by atoms with Gasteiger partial charge in [-0.2, -0.15) is 0 Å². The van der Waals surface area contributed by atoms with Crippen molar-refractivity contribution in [1.29, 1.82) is 0 Å². The van der Waals surface area contributed by atoms with Crippen LogP contribution in [0.4, 0.5) is 0 Å². The highest BCUT2D eigenvalue weighted by molar-refractivity contribution is 9.10. The molecule has 1 fully saturated rings. The van der Waals surface area contributed by atoms with Gasteiger partial charge in [0, 0.05) is 0 Å². The van der Waals surface area contributed by atoms with E-state index in [1.807, 2.05) is 13.1 Å². The van der Waals surface area contributed by atoms with Crippen molar-refractivity contribution in [3.8, 4) is 0 Å². The normalized spacial score (nSPS) is 25.5. The number of hydrogen-bond acceptors (Lipinski definition) is 3. The number of furan rings is 1. The van der Waals surface area contributed by atoms with E-state index in [0.29, 0.717) is 12.0 Å². The number of likely N-dealkylation sites (tertiary alicyclic amines) is 1. The average molecular weight is 315 g/mol. The molecule has 0 radical (unpaired) electrons. The van der Waals surface area contributed by atoms with Gasteiger partial charge < -0.3 is 9.73 Å². The van der Waals surface area contributed by atoms with Crippen LogP contribution in [0.5, 0.6) is 0 Å². The van der Waals surface area contributed by atoms with Crippen LogP contribution in [0.2, 0.25) is 0 Å². The Labute approximate surface area is 118 Å². The lowest BCUT2D eigenvalue weighted by molar-refractivity contribution is 0.0757. The molecule has 1 aliphatic heterocycles. The van der Waals surface area contributed by atoms with Crippen LogP contribution in [-0.2, 0) is 0 Å². The molecule has 0 amide bonds.